The lowest BCUT2D eigenvalue weighted by molar-refractivity contribution is 0.590. The normalized spacial score (nSPS) is 12.5. The zero-order chi connectivity index (χ0) is 39.4. The maximum atomic E-state index is 6.92. The second-order valence-corrected chi connectivity index (χ2v) is 17.0. The summed E-state index contributed by atoms with van der Waals surface area (Å²) in [6, 6.07) is 64.0. The molecule has 59 heavy (non-hydrogen) atoms. The lowest BCUT2D eigenvalue weighted by Gasteiger charge is -2.23. The van der Waals surface area contributed by atoms with E-state index >= 15 is 0 Å². The number of nitrogens with one attached hydrogen (secondary N) is 1. The highest BCUT2D eigenvalue weighted by Crippen LogP contribution is 2.45. The van der Waals surface area contributed by atoms with Gasteiger partial charge in [0.05, 0.1) is 39.1 Å². The average molecular weight is 758 g/mol. The van der Waals surface area contributed by atoms with Crippen molar-refractivity contribution in [1.82, 2.24) is 9.13 Å². The second kappa shape index (κ2) is 12.6. The predicted molar refractivity (Wildman–Crippen MR) is 251 cm³/mol. The van der Waals surface area contributed by atoms with Gasteiger partial charge in [0, 0.05) is 43.9 Å². The van der Waals surface area contributed by atoms with Gasteiger partial charge in [-0.3, -0.25) is 0 Å². The molecular weight excluding hydrogens is 717 g/mol. The summed E-state index contributed by atoms with van der Waals surface area (Å²) in [6.45, 7) is 6.78. The van der Waals surface area contributed by atoms with E-state index in [1.807, 2.05) is 0 Å². The van der Waals surface area contributed by atoms with Gasteiger partial charge in [-0.1, -0.05) is 142 Å². The van der Waals surface area contributed by atoms with E-state index in [2.05, 4.69) is 211 Å². The molecule has 280 valence electrons. The van der Waals surface area contributed by atoms with E-state index in [0.717, 1.165) is 44.9 Å². The van der Waals surface area contributed by atoms with Gasteiger partial charge in [-0.25, -0.2) is 0 Å². The van der Waals surface area contributed by atoms with E-state index < -0.39 is 0 Å². The molecule has 11 aromatic rings. The van der Waals surface area contributed by atoms with Crippen molar-refractivity contribution in [3.63, 3.8) is 0 Å². The number of nitrogens with zero attached hydrogens (tertiary/aromatic N) is 2. The van der Waals surface area contributed by atoms with Crippen LogP contribution in [0.2, 0.25) is 0 Å². The molecule has 8 aromatic carbocycles. The summed E-state index contributed by atoms with van der Waals surface area (Å²) in [7, 11) is 0.662. The molecule has 1 aliphatic rings. The van der Waals surface area contributed by atoms with Crippen LogP contribution in [0.25, 0.3) is 88.2 Å². The van der Waals surface area contributed by atoms with E-state index in [-0.39, 0.29) is 5.41 Å². The fraction of sp³-hybridized carbons (Fsp3) is 0.0741. The fourth-order valence-corrected chi connectivity index (χ4v) is 9.73. The fourth-order valence-electron chi connectivity index (χ4n) is 9.73. The van der Waals surface area contributed by atoms with E-state index in [0.29, 0.717) is 7.28 Å². The molecular formula is C54H40BN3O. The molecule has 0 spiro atoms. The first kappa shape index (κ1) is 33.9. The Hall–Kier alpha value is -7.24. The first-order valence-corrected chi connectivity index (χ1v) is 20.6. The van der Waals surface area contributed by atoms with Crippen LogP contribution in [0.4, 0.5) is 11.4 Å². The number of hydrogen-bond acceptors (Lipinski definition) is 2. The molecule has 12 rings (SSSR count). The maximum Gasteiger partial charge on any atom is 0.244 e. The van der Waals surface area contributed by atoms with Gasteiger partial charge in [0.15, 0.2) is 0 Å². The van der Waals surface area contributed by atoms with Crippen molar-refractivity contribution in [3.05, 3.63) is 181 Å². The lowest BCUT2D eigenvalue weighted by Crippen LogP contribution is -2.36. The van der Waals surface area contributed by atoms with Crippen LogP contribution in [-0.2, 0) is 5.41 Å². The molecule has 4 heterocycles. The second-order valence-electron chi connectivity index (χ2n) is 17.0. The standard InChI is InChI=1S/C54H40BN3O/c1-54(2,3)35-26-28-36(29-27-35)56-43-21-11-7-17-37(43)41-32-47(57-44-22-12-8-18-38(44)39-19-9-13-23-45(39)57)49-40-20-10-14-24-46(40)58-51-42-31-34(33-15-5-4-6-16-33)25-30-48(42)59-53(51)55-50(41)52(49)58/h4-32,55-56H,1-3H3. The molecule has 0 unspecified atom stereocenters. The van der Waals surface area contributed by atoms with Gasteiger partial charge in [-0.15, -0.1) is 0 Å². The Bertz CT molecular complexity index is 3420. The number of furan rings is 1. The predicted octanol–water partition coefficient (Wildman–Crippen LogP) is 12.7. The van der Waals surface area contributed by atoms with Gasteiger partial charge < -0.3 is 18.9 Å². The number of para-hydroxylation sites is 4. The number of rotatable bonds is 5. The highest BCUT2D eigenvalue weighted by molar-refractivity contribution is 6.73. The SMILES string of the molecule is CC(C)(C)c1ccc(Nc2ccccc2-c2cc(-n3c4ccccc4c4ccccc43)c3c4ccccc4n4c3c2Bc2oc3ccc(-c5ccccc5)cc3c2-4)cc1. The van der Waals surface area contributed by atoms with Gasteiger partial charge in [0.2, 0.25) is 7.28 Å². The Morgan fingerprint density at radius 3 is 1.86 bits per heavy atom. The van der Waals surface area contributed by atoms with Gasteiger partial charge in [-0.2, -0.15) is 0 Å². The van der Waals surface area contributed by atoms with Crippen LogP contribution in [-0.4, -0.2) is 16.4 Å². The van der Waals surface area contributed by atoms with Gasteiger partial charge in [-0.05, 0) is 87.7 Å². The summed E-state index contributed by atoms with van der Waals surface area (Å²) >= 11 is 0. The minimum atomic E-state index is 0.0782. The van der Waals surface area contributed by atoms with E-state index in [1.165, 1.54) is 71.3 Å². The smallest absolute Gasteiger partial charge is 0.244 e. The van der Waals surface area contributed by atoms with E-state index in [9.17, 15) is 0 Å². The van der Waals surface area contributed by atoms with Crippen molar-refractivity contribution in [2.45, 2.75) is 26.2 Å². The van der Waals surface area contributed by atoms with Gasteiger partial charge in [0.1, 0.15) is 5.58 Å². The Morgan fingerprint density at radius 2 is 1.15 bits per heavy atom. The topological polar surface area (TPSA) is 35.0 Å². The van der Waals surface area contributed by atoms with Crippen LogP contribution in [0.1, 0.15) is 26.3 Å². The monoisotopic (exact) mass is 757 g/mol. The van der Waals surface area contributed by atoms with Crippen molar-refractivity contribution in [2.24, 2.45) is 0 Å². The molecule has 0 saturated heterocycles. The minimum Gasteiger partial charge on any atom is -0.469 e. The van der Waals surface area contributed by atoms with Crippen molar-refractivity contribution in [1.29, 1.82) is 0 Å². The number of hydrogen-bond donors (Lipinski definition) is 1. The highest BCUT2D eigenvalue weighted by Gasteiger charge is 2.33. The zero-order valence-electron chi connectivity index (χ0n) is 33.3. The van der Waals surface area contributed by atoms with E-state index in [1.54, 1.807) is 0 Å². The van der Waals surface area contributed by atoms with Gasteiger partial charge >= 0.3 is 0 Å². The van der Waals surface area contributed by atoms with Crippen molar-refractivity contribution < 1.29 is 4.42 Å². The third kappa shape index (κ3) is 5.11. The molecule has 0 amide bonds. The quantitative estimate of drug-likeness (QED) is 0.177. The third-order valence-electron chi connectivity index (χ3n) is 12.5. The molecule has 0 saturated carbocycles. The third-order valence-corrected chi connectivity index (χ3v) is 12.5. The minimum absolute atomic E-state index is 0.0782. The summed E-state index contributed by atoms with van der Waals surface area (Å²) in [4.78, 5) is 0. The van der Waals surface area contributed by atoms with Crippen LogP contribution in [0.5, 0.6) is 0 Å². The molecule has 4 nitrogen and oxygen atoms in total. The van der Waals surface area contributed by atoms with E-state index in [4.69, 9.17) is 4.42 Å². The first-order valence-electron chi connectivity index (χ1n) is 20.6. The molecule has 0 aliphatic carbocycles. The van der Waals surface area contributed by atoms with Crippen molar-refractivity contribution >= 4 is 84.4 Å². The average Bonchev–Trinajstić information content (AvgIpc) is 3.92. The molecule has 0 bridgehead atoms. The molecule has 1 aliphatic heterocycles. The molecule has 0 radical (unpaired) electrons. The Labute approximate surface area is 343 Å². The summed E-state index contributed by atoms with van der Waals surface area (Å²) in [6.07, 6.45) is 0. The molecule has 0 atom stereocenters. The van der Waals surface area contributed by atoms with Crippen LogP contribution >= 0.6 is 0 Å². The van der Waals surface area contributed by atoms with Crippen molar-refractivity contribution in [3.8, 4) is 33.6 Å². The van der Waals surface area contributed by atoms with Gasteiger partial charge in [0.25, 0.3) is 0 Å². The zero-order valence-corrected chi connectivity index (χ0v) is 33.3. The number of anilines is 2. The lowest BCUT2D eigenvalue weighted by atomic mass is 9.62. The Morgan fingerprint density at radius 1 is 0.525 bits per heavy atom. The molecule has 3 aromatic heterocycles. The number of aromatic nitrogens is 2. The van der Waals surface area contributed by atoms with Crippen LogP contribution in [0.3, 0.4) is 0 Å². The highest BCUT2D eigenvalue weighted by atomic mass is 16.3. The molecule has 5 heteroatoms. The Balaban J connectivity index is 1.19. The number of benzene rings is 8. The number of fused-ring (bicyclic) bond motifs is 10. The summed E-state index contributed by atoms with van der Waals surface area (Å²) in [5, 5.41) is 9.93. The largest absolute Gasteiger partial charge is 0.469 e. The summed E-state index contributed by atoms with van der Waals surface area (Å²) < 4.78 is 11.9. The summed E-state index contributed by atoms with van der Waals surface area (Å²) in [5.41, 5.74) is 18.4. The van der Waals surface area contributed by atoms with Crippen molar-refractivity contribution in [2.75, 3.05) is 5.32 Å². The van der Waals surface area contributed by atoms with Crippen LogP contribution in [0, 0.1) is 0 Å². The first-order chi connectivity index (χ1) is 28.9. The van der Waals surface area contributed by atoms with Crippen LogP contribution in [0.15, 0.2) is 180 Å². The maximum absolute atomic E-state index is 6.92. The summed E-state index contributed by atoms with van der Waals surface area (Å²) in [5.74, 6) is 0. The molecule has 0 fully saturated rings. The Kier molecular flexibility index (Phi) is 7.25. The molecule has 1 N–H and O–H groups in total. The van der Waals surface area contributed by atoms with Crippen LogP contribution < -0.4 is 16.4 Å².